The molecule has 16 heavy (non-hydrogen) atoms. The number of rotatable bonds is 0. The molecule has 0 unspecified atom stereocenters. The second-order valence-corrected chi connectivity index (χ2v) is 5.67. The summed E-state index contributed by atoms with van der Waals surface area (Å²) in [6.45, 7) is 0. The van der Waals surface area contributed by atoms with Crippen molar-refractivity contribution >= 4 is 33.0 Å². The van der Waals surface area contributed by atoms with E-state index in [1.165, 1.54) is 11.3 Å². The standard InChI is InChI=1S/C13H11ClOS/c14-10-6-3-5-9-12(15)8-4-1-2-7-11(8)16-13(9)10/h3,5-6H,1-2,4,7H2. The van der Waals surface area contributed by atoms with Crippen LogP contribution in [0, 0.1) is 0 Å². The SMILES string of the molecule is O=c1c2c(sc3c(Cl)cccc13)CCCC2. The molecule has 0 bridgehead atoms. The van der Waals surface area contributed by atoms with Crippen LogP contribution in [-0.2, 0) is 12.8 Å². The highest BCUT2D eigenvalue weighted by molar-refractivity contribution is 7.19. The molecule has 0 spiro atoms. The quantitative estimate of drug-likeness (QED) is 0.695. The molecule has 1 heterocycles. The van der Waals surface area contributed by atoms with Crippen molar-refractivity contribution < 1.29 is 0 Å². The highest BCUT2D eigenvalue weighted by Crippen LogP contribution is 2.31. The maximum Gasteiger partial charge on any atom is 0.191 e. The van der Waals surface area contributed by atoms with Crippen molar-refractivity contribution in [1.82, 2.24) is 0 Å². The molecule has 82 valence electrons. The van der Waals surface area contributed by atoms with Crippen molar-refractivity contribution in [1.29, 1.82) is 0 Å². The van der Waals surface area contributed by atoms with Crippen molar-refractivity contribution in [3.8, 4) is 0 Å². The van der Waals surface area contributed by atoms with Crippen LogP contribution < -0.4 is 5.43 Å². The van der Waals surface area contributed by atoms with Crippen molar-refractivity contribution in [3.63, 3.8) is 0 Å². The van der Waals surface area contributed by atoms with Crippen LogP contribution in [0.1, 0.15) is 23.3 Å². The lowest BCUT2D eigenvalue weighted by atomic mass is 9.98. The number of hydrogen-bond donors (Lipinski definition) is 0. The van der Waals surface area contributed by atoms with Crippen LogP contribution in [0.5, 0.6) is 0 Å². The Morgan fingerprint density at radius 2 is 2.00 bits per heavy atom. The Morgan fingerprint density at radius 3 is 2.88 bits per heavy atom. The molecule has 1 aromatic heterocycles. The summed E-state index contributed by atoms with van der Waals surface area (Å²) < 4.78 is 0.954. The second-order valence-electron chi connectivity index (χ2n) is 4.16. The normalized spacial score (nSPS) is 15.1. The summed E-state index contributed by atoms with van der Waals surface area (Å²) in [4.78, 5) is 13.5. The summed E-state index contributed by atoms with van der Waals surface area (Å²) in [5.41, 5.74) is 1.23. The van der Waals surface area contributed by atoms with Crippen LogP contribution in [0.3, 0.4) is 0 Å². The van der Waals surface area contributed by atoms with Gasteiger partial charge in [0.15, 0.2) is 5.43 Å². The third-order valence-electron chi connectivity index (χ3n) is 3.13. The molecule has 0 fully saturated rings. The van der Waals surface area contributed by atoms with E-state index in [4.69, 9.17) is 11.6 Å². The first-order valence-corrected chi connectivity index (χ1v) is 6.70. The van der Waals surface area contributed by atoms with E-state index in [0.29, 0.717) is 5.02 Å². The summed E-state index contributed by atoms with van der Waals surface area (Å²) >= 11 is 7.84. The largest absolute Gasteiger partial charge is 0.289 e. The Hall–Kier alpha value is -0.860. The van der Waals surface area contributed by atoms with Gasteiger partial charge in [0, 0.05) is 15.8 Å². The van der Waals surface area contributed by atoms with Gasteiger partial charge in [-0.1, -0.05) is 17.7 Å². The summed E-state index contributed by atoms with van der Waals surface area (Å²) in [7, 11) is 0. The minimum absolute atomic E-state index is 0.200. The maximum atomic E-state index is 12.3. The van der Waals surface area contributed by atoms with E-state index >= 15 is 0 Å². The molecule has 0 saturated heterocycles. The van der Waals surface area contributed by atoms with Gasteiger partial charge in [0.25, 0.3) is 0 Å². The molecule has 1 aliphatic rings. The minimum atomic E-state index is 0.200. The molecule has 2 aromatic rings. The average Bonchev–Trinajstić information content (AvgIpc) is 2.31. The zero-order valence-electron chi connectivity index (χ0n) is 8.75. The molecule has 0 N–H and O–H groups in total. The van der Waals surface area contributed by atoms with Crippen LogP contribution in [0.2, 0.25) is 5.02 Å². The molecular weight excluding hydrogens is 240 g/mol. The number of fused-ring (bicyclic) bond motifs is 2. The Kier molecular flexibility index (Phi) is 2.49. The molecule has 1 nitrogen and oxygen atoms in total. The summed E-state index contributed by atoms with van der Waals surface area (Å²) in [6, 6.07) is 5.60. The summed E-state index contributed by atoms with van der Waals surface area (Å²) in [5, 5.41) is 1.49. The Bertz CT molecular complexity index is 615. The third-order valence-corrected chi connectivity index (χ3v) is 4.90. The van der Waals surface area contributed by atoms with Gasteiger partial charge in [-0.15, -0.1) is 11.3 Å². The summed E-state index contributed by atoms with van der Waals surface area (Å²) in [5.74, 6) is 0. The van der Waals surface area contributed by atoms with Gasteiger partial charge in [0.05, 0.1) is 9.72 Å². The fraction of sp³-hybridized carbons (Fsp3) is 0.308. The zero-order valence-corrected chi connectivity index (χ0v) is 10.3. The van der Waals surface area contributed by atoms with Crippen LogP contribution >= 0.6 is 22.9 Å². The van der Waals surface area contributed by atoms with Gasteiger partial charge in [-0.2, -0.15) is 0 Å². The first-order valence-electron chi connectivity index (χ1n) is 5.50. The number of aryl methyl sites for hydroxylation is 1. The molecule has 0 atom stereocenters. The Morgan fingerprint density at radius 1 is 1.19 bits per heavy atom. The van der Waals surface area contributed by atoms with E-state index in [1.54, 1.807) is 11.3 Å². The zero-order chi connectivity index (χ0) is 11.1. The van der Waals surface area contributed by atoms with Gasteiger partial charge < -0.3 is 0 Å². The highest BCUT2D eigenvalue weighted by Gasteiger charge is 2.16. The monoisotopic (exact) mass is 250 g/mol. The van der Waals surface area contributed by atoms with Gasteiger partial charge in [0.1, 0.15) is 0 Å². The molecule has 0 aliphatic heterocycles. The number of benzene rings is 1. The van der Waals surface area contributed by atoms with E-state index in [2.05, 4.69) is 0 Å². The molecular formula is C13H11ClOS. The lowest BCUT2D eigenvalue weighted by Gasteiger charge is -2.14. The molecule has 3 heteroatoms. The minimum Gasteiger partial charge on any atom is -0.289 e. The van der Waals surface area contributed by atoms with Crippen LogP contribution in [0.25, 0.3) is 10.1 Å². The van der Waals surface area contributed by atoms with E-state index < -0.39 is 0 Å². The van der Waals surface area contributed by atoms with Gasteiger partial charge in [0.2, 0.25) is 0 Å². The predicted octanol–water partition coefficient (Wildman–Crippen LogP) is 3.79. The molecule has 0 saturated carbocycles. The van der Waals surface area contributed by atoms with Gasteiger partial charge in [-0.3, -0.25) is 4.79 Å². The van der Waals surface area contributed by atoms with Gasteiger partial charge in [-0.05, 0) is 37.8 Å². The lowest BCUT2D eigenvalue weighted by molar-refractivity contribution is 0.692. The van der Waals surface area contributed by atoms with Crippen LogP contribution in [0.4, 0.5) is 0 Å². The molecule has 1 aromatic carbocycles. The van der Waals surface area contributed by atoms with Crippen molar-refractivity contribution in [2.75, 3.05) is 0 Å². The first kappa shape index (κ1) is 10.3. The van der Waals surface area contributed by atoms with Crippen LogP contribution in [-0.4, -0.2) is 0 Å². The number of hydrogen-bond acceptors (Lipinski definition) is 2. The van der Waals surface area contributed by atoms with E-state index in [-0.39, 0.29) is 5.43 Å². The fourth-order valence-corrected chi connectivity index (χ4v) is 3.84. The van der Waals surface area contributed by atoms with Gasteiger partial charge >= 0.3 is 0 Å². The van der Waals surface area contributed by atoms with E-state index in [1.807, 2.05) is 18.2 Å². The third kappa shape index (κ3) is 1.48. The second kappa shape index (κ2) is 3.86. The van der Waals surface area contributed by atoms with Gasteiger partial charge in [-0.25, -0.2) is 0 Å². The topological polar surface area (TPSA) is 17.1 Å². The molecule has 3 rings (SSSR count). The molecule has 0 amide bonds. The fourth-order valence-electron chi connectivity index (χ4n) is 2.31. The number of halogens is 1. The molecule has 1 aliphatic carbocycles. The lowest BCUT2D eigenvalue weighted by Crippen LogP contribution is -2.15. The van der Waals surface area contributed by atoms with Crippen molar-refractivity contribution in [3.05, 3.63) is 43.9 Å². The maximum absolute atomic E-state index is 12.3. The van der Waals surface area contributed by atoms with E-state index in [9.17, 15) is 4.79 Å². The Labute approximate surface area is 103 Å². The summed E-state index contributed by atoms with van der Waals surface area (Å²) in [6.07, 6.45) is 4.31. The Balaban J connectivity index is 2.44. The van der Waals surface area contributed by atoms with E-state index in [0.717, 1.165) is 34.9 Å². The highest BCUT2D eigenvalue weighted by atomic mass is 35.5. The smallest absolute Gasteiger partial charge is 0.191 e. The van der Waals surface area contributed by atoms with Crippen LogP contribution in [0.15, 0.2) is 23.0 Å². The molecule has 0 radical (unpaired) electrons. The van der Waals surface area contributed by atoms with Crippen molar-refractivity contribution in [2.45, 2.75) is 25.7 Å². The van der Waals surface area contributed by atoms with Crippen molar-refractivity contribution in [2.24, 2.45) is 0 Å². The predicted molar refractivity (Wildman–Crippen MR) is 69.7 cm³/mol. The first-order chi connectivity index (χ1) is 7.77. The average molecular weight is 251 g/mol.